The molecule has 0 atom stereocenters. The van der Waals surface area contributed by atoms with E-state index < -0.39 is 13.8 Å². The van der Waals surface area contributed by atoms with Crippen LogP contribution in [0.15, 0.2) is 12.7 Å². The largest absolute Gasteiger partial charge is 0.469 e. The third-order valence-corrected chi connectivity index (χ3v) is 1.73. The second-order valence-corrected chi connectivity index (χ2v) is 3.64. The Balaban J connectivity index is 3.27. The Hall–Kier alpha value is -0.680. The summed E-state index contributed by atoms with van der Waals surface area (Å²) in [5, 5.41) is 0. The molecule has 0 spiro atoms. The van der Waals surface area contributed by atoms with Gasteiger partial charge in [0.15, 0.2) is 0 Å². The van der Waals surface area contributed by atoms with Gasteiger partial charge in [0.25, 0.3) is 0 Å². The number of ether oxygens (including phenoxy) is 1. The van der Waals surface area contributed by atoms with Crippen LogP contribution in [0.4, 0.5) is 0 Å². The number of unbranched alkanes of at least 4 members (excludes halogenated alkanes) is 1. The summed E-state index contributed by atoms with van der Waals surface area (Å²) in [5.41, 5.74) is 0. The van der Waals surface area contributed by atoms with Crippen LogP contribution < -0.4 is 0 Å². The van der Waals surface area contributed by atoms with Gasteiger partial charge in [-0.1, -0.05) is 6.58 Å². The van der Waals surface area contributed by atoms with Gasteiger partial charge in [0.1, 0.15) is 0 Å². The van der Waals surface area contributed by atoms with Crippen molar-refractivity contribution in [1.29, 1.82) is 0 Å². The van der Waals surface area contributed by atoms with E-state index in [0.29, 0.717) is 12.8 Å². The molecule has 0 fully saturated rings. The zero-order chi connectivity index (χ0) is 11.0. The lowest BCUT2D eigenvalue weighted by Gasteiger charge is -2.04. The van der Waals surface area contributed by atoms with Crippen molar-refractivity contribution >= 4 is 13.8 Å². The van der Waals surface area contributed by atoms with Crippen molar-refractivity contribution in [2.45, 2.75) is 12.8 Å². The fourth-order valence-electron chi connectivity index (χ4n) is 0.619. The molecular weight excluding hydrogens is 211 g/mol. The third kappa shape index (κ3) is 9.41. The highest BCUT2D eigenvalue weighted by molar-refractivity contribution is 7.46. The molecule has 0 rings (SSSR count). The quantitative estimate of drug-likeness (QED) is 0.285. The van der Waals surface area contributed by atoms with Gasteiger partial charge in [-0.25, -0.2) is 9.36 Å². The molecule has 0 aromatic rings. The molecule has 0 aliphatic heterocycles. The van der Waals surface area contributed by atoms with E-state index >= 15 is 0 Å². The number of phosphoric acid groups is 1. The van der Waals surface area contributed by atoms with Crippen molar-refractivity contribution in [3.63, 3.8) is 0 Å². The maximum absolute atomic E-state index is 10.5. The zero-order valence-corrected chi connectivity index (χ0v) is 8.48. The van der Waals surface area contributed by atoms with Crippen molar-refractivity contribution in [3.05, 3.63) is 12.7 Å². The molecule has 14 heavy (non-hydrogen) atoms. The van der Waals surface area contributed by atoms with E-state index in [0.717, 1.165) is 6.08 Å². The summed E-state index contributed by atoms with van der Waals surface area (Å²) in [5.74, 6) is -0.513. The van der Waals surface area contributed by atoms with Gasteiger partial charge in [0.2, 0.25) is 0 Å². The molecule has 0 radical (unpaired) electrons. The molecule has 0 heterocycles. The lowest BCUT2D eigenvalue weighted by Crippen LogP contribution is -2.03. The van der Waals surface area contributed by atoms with Crippen LogP contribution in [0.25, 0.3) is 0 Å². The van der Waals surface area contributed by atoms with Crippen molar-refractivity contribution in [1.82, 2.24) is 0 Å². The lowest BCUT2D eigenvalue weighted by atomic mass is 10.3. The number of esters is 1. The van der Waals surface area contributed by atoms with Gasteiger partial charge in [-0.2, -0.15) is 0 Å². The average Bonchev–Trinajstić information content (AvgIpc) is 2.08. The minimum absolute atomic E-state index is 0.0596. The topological polar surface area (TPSA) is 93.1 Å². The van der Waals surface area contributed by atoms with Crippen LogP contribution in [-0.2, 0) is 18.6 Å². The minimum atomic E-state index is -4.36. The molecule has 0 bridgehead atoms. The molecule has 0 aliphatic carbocycles. The summed E-state index contributed by atoms with van der Waals surface area (Å²) in [6.07, 6.45) is 1.95. The molecule has 7 heteroatoms. The first-order valence-electron chi connectivity index (χ1n) is 3.95. The van der Waals surface area contributed by atoms with Crippen molar-refractivity contribution in [3.8, 4) is 0 Å². The maximum Gasteiger partial charge on any atom is 0.469 e. The molecule has 0 saturated carbocycles. The van der Waals surface area contributed by atoms with E-state index in [4.69, 9.17) is 9.79 Å². The molecule has 0 saturated heterocycles. The summed E-state index contributed by atoms with van der Waals surface area (Å²) in [4.78, 5) is 27.1. The van der Waals surface area contributed by atoms with E-state index in [1.165, 1.54) is 0 Å². The summed E-state index contributed by atoms with van der Waals surface area (Å²) in [7, 11) is -4.36. The van der Waals surface area contributed by atoms with Gasteiger partial charge >= 0.3 is 13.8 Å². The molecule has 0 aromatic heterocycles. The first kappa shape index (κ1) is 13.3. The Morgan fingerprint density at radius 3 is 2.43 bits per heavy atom. The molecular formula is C7H13O6P. The Morgan fingerprint density at radius 1 is 1.36 bits per heavy atom. The molecule has 0 aromatic carbocycles. The summed E-state index contributed by atoms with van der Waals surface area (Å²) < 4.78 is 19.0. The fraction of sp³-hybridized carbons (Fsp3) is 0.571. The van der Waals surface area contributed by atoms with Crippen molar-refractivity contribution in [2.75, 3.05) is 13.2 Å². The first-order valence-corrected chi connectivity index (χ1v) is 5.48. The molecule has 2 N–H and O–H groups in total. The van der Waals surface area contributed by atoms with E-state index in [9.17, 15) is 9.36 Å². The molecule has 0 unspecified atom stereocenters. The van der Waals surface area contributed by atoms with E-state index in [-0.39, 0.29) is 13.2 Å². The van der Waals surface area contributed by atoms with Crippen LogP contribution in [0.1, 0.15) is 12.8 Å². The van der Waals surface area contributed by atoms with E-state index in [2.05, 4.69) is 15.8 Å². The summed E-state index contributed by atoms with van der Waals surface area (Å²) >= 11 is 0. The maximum atomic E-state index is 10.5. The van der Waals surface area contributed by atoms with Crippen LogP contribution in [0.3, 0.4) is 0 Å². The number of rotatable bonds is 7. The van der Waals surface area contributed by atoms with Crippen LogP contribution in [0.2, 0.25) is 0 Å². The Bertz CT molecular complexity index is 232. The number of carbonyl (C=O) groups excluding carboxylic acids is 1. The highest BCUT2D eigenvalue weighted by Crippen LogP contribution is 2.35. The fourth-order valence-corrected chi connectivity index (χ4v) is 0.986. The van der Waals surface area contributed by atoms with Gasteiger partial charge in [-0.05, 0) is 12.8 Å². The van der Waals surface area contributed by atoms with Gasteiger partial charge in [-0.3, -0.25) is 4.52 Å². The SMILES string of the molecule is C=CC(=O)OCCCCOP(=O)(O)O. The molecule has 6 nitrogen and oxygen atoms in total. The average molecular weight is 224 g/mol. The second-order valence-electron chi connectivity index (χ2n) is 2.40. The zero-order valence-electron chi connectivity index (χ0n) is 7.59. The minimum Gasteiger partial charge on any atom is -0.463 e. The van der Waals surface area contributed by atoms with Crippen LogP contribution in [0.5, 0.6) is 0 Å². The standard InChI is InChI=1S/C7H13O6P/c1-2-7(8)12-5-3-4-6-13-14(9,10)11/h2H,1,3-6H2,(H2,9,10,11). The Kier molecular flexibility index (Phi) is 6.40. The number of hydrogen-bond acceptors (Lipinski definition) is 4. The number of phosphoric ester groups is 1. The summed E-state index contributed by atoms with van der Waals surface area (Å²) in [6, 6.07) is 0. The Morgan fingerprint density at radius 2 is 1.93 bits per heavy atom. The highest BCUT2D eigenvalue weighted by atomic mass is 31.2. The van der Waals surface area contributed by atoms with Crippen LogP contribution in [0, 0.1) is 0 Å². The van der Waals surface area contributed by atoms with E-state index in [1.54, 1.807) is 0 Å². The van der Waals surface area contributed by atoms with Crippen molar-refractivity contribution < 1.29 is 28.4 Å². The monoisotopic (exact) mass is 224 g/mol. The molecule has 0 aliphatic rings. The highest BCUT2D eigenvalue weighted by Gasteiger charge is 2.12. The van der Waals surface area contributed by atoms with Crippen LogP contribution >= 0.6 is 7.82 Å². The number of hydrogen-bond donors (Lipinski definition) is 2. The molecule has 0 amide bonds. The third-order valence-electron chi connectivity index (χ3n) is 1.21. The molecule has 82 valence electrons. The smallest absolute Gasteiger partial charge is 0.463 e. The normalized spacial score (nSPS) is 11.0. The predicted molar refractivity (Wildman–Crippen MR) is 48.4 cm³/mol. The van der Waals surface area contributed by atoms with Crippen LogP contribution in [-0.4, -0.2) is 29.0 Å². The van der Waals surface area contributed by atoms with Gasteiger partial charge in [0, 0.05) is 6.08 Å². The van der Waals surface area contributed by atoms with Gasteiger partial charge in [-0.15, -0.1) is 0 Å². The predicted octanol–water partition coefficient (Wildman–Crippen LogP) is 0.605. The Labute approximate surface area is 81.8 Å². The summed E-state index contributed by atoms with van der Waals surface area (Å²) in [6.45, 7) is 3.34. The van der Waals surface area contributed by atoms with Gasteiger partial charge < -0.3 is 14.5 Å². The van der Waals surface area contributed by atoms with Crippen molar-refractivity contribution in [2.24, 2.45) is 0 Å². The number of carbonyl (C=O) groups is 1. The lowest BCUT2D eigenvalue weighted by molar-refractivity contribution is -0.137. The second kappa shape index (κ2) is 6.73. The van der Waals surface area contributed by atoms with E-state index in [1.807, 2.05) is 0 Å². The van der Waals surface area contributed by atoms with Gasteiger partial charge in [0.05, 0.1) is 13.2 Å². The first-order chi connectivity index (χ1) is 6.45.